The van der Waals surface area contributed by atoms with Gasteiger partial charge < -0.3 is 5.32 Å². The Labute approximate surface area is 174 Å². The van der Waals surface area contributed by atoms with Crippen LogP contribution in [0.5, 0.6) is 0 Å². The average Bonchev–Trinajstić information content (AvgIpc) is 3.31. The quantitative estimate of drug-likeness (QED) is 0.618. The Morgan fingerprint density at radius 3 is 2.74 bits per heavy atom. The molecular formula is C19H21F5N6O. The van der Waals surface area contributed by atoms with Crippen molar-refractivity contribution in [1.29, 1.82) is 0 Å². The van der Waals surface area contributed by atoms with Gasteiger partial charge in [-0.3, -0.25) is 10.2 Å². The third-order valence-electron chi connectivity index (χ3n) is 5.80. The number of benzene rings is 1. The molecule has 1 saturated carbocycles. The van der Waals surface area contributed by atoms with Crippen molar-refractivity contribution < 1.29 is 26.7 Å². The van der Waals surface area contributed by atoms with E-state index in [1.807, 2.05) is 0 Å². The summed E-state index contributed by atoms with van der Waals surface area (Å²) in [5.41, 5.74) is 5.51. The fourth-order valence-corrected chi connectivity index (χ4v) is 4.35. The van der Waals surface area contributed by atoms with Crippen LogP contribution in [0, 0.1) is 23.5 Å². The summed E-state index contributed by atoms with van der Waals surface area (Å²) in [7, 11) is 0. The van der Waals surface area contributed by atoms with E-state index in [1.54, 1.807) is 0 Å². The maximum Gasteiger partial charge on any atom is 0.405 e. The maximum absolute atomic E-state index is 13.3. The molecule has 4 unspecified atom stereocenters. The number of hydrazine groups is 1. The van der Waals surface area contributed by atoms with Crippen molar-refractivity contribution in [2.24, 2.45) is 11.8 Å². The average molecular weight is 444 g/mol. The van der Waals surface area contributed by atoms with Crippen molar-refractivity contribution in [2.45, 2.75) is 50.5 Å². The molecular weight excluding hydrogens is 423 g/mol. The smallest absolute Gasteiger partial charge is 0.308 e. The molecule has 12 heteroatoms. The second kappa shape index (κ2) is 8.50. The van der Waals surface area contributed by atoms with Crippen LogP contribution in [0.25, 0.3) is 0 Å². The predicted octanol–water partition coefficient (Wildman–Crippen LogP) is 2.76. The van der Waals surface area contributed by atoms with Crippen LogP contribution in [0.3, 0.4) is 0 Å². The molecule has 2 aromatic rings. The highest BCUT2D eigenvalue weighted by Crippen LogP contribution is 2.40. The lowest BCUT2D eigenvalue weighted by Crippen LogP contribution is -2.44. The Morgan fingerprint density at radius 2 is 2.00 bits per heavy atom. The van der Waals surface area contributed by atoms with E-state index >= 15 is 0 Å². The van der Waals surface area contributed by atoms with Gasteiger partial charge in [0, 0.05) is 18.4 Å². The number of nitrogens with one attached hydrogen (secondary N) is 3. The Kier molecular flexibility index (Phi) is 5.93. The van der Waals surface area contributed by atoms with Gasteiger partial charge in [-0.2, -0.15) is 23.1 Å². The van der Waals surface area contributed by atoms with E-state index in [1.165, 1.54) is 17.1 Å². The summed E-state index contributed by atoms with van der Waals surface area (Å²) in [5.74, 6) is -2.88. The van der Waals surface area contributed by atoms with Gasteiger partial charge in [0.15, 0.2) is 17.5 Å². The number of aromatic nitrogens is 3. The molecule has 4 atom stereocenters. The van der Waals surface area contributed by atoms with Gasteiger partial charge in [0.1, 0.15) is 6.04 Å². The Bertz CT molecular complexity index is 948. The van der Waals surface area contributed by atoms with E-state index in [2.05, 4.69) is 26.4 Å². The molecule has 0 radical (unpaired) electrons. The second-order valence-electron chi connectivity index (χ2n) is 8.02. The summed E-state index contributed by atoms with van der Waals surface area (Å²) in [4.78, 5) is 13.6. The third-order valence-corrected chi connectivity index (χ3v) is 5.80. The fraction of sp³-hybridized carbons (Fsp3) is 0.526. The number of carbonyl (C=O) groups is 1. The zero-order valence-corrected chi connectivity index (χ0v) is 16.3. The van der Waals surface area contributed by atoms with Crippen molar-refractivity contribution in [2.75, 3.05) is 5.32 Å². The molecule has 1 aromatic heterocycles. The molecule has 0 spiro atoms. The molecule has 3 N–H and O–H groups in total. The molecule has 1 amide bonds. The minimum absolute atomic E-state index is 0.0809. The lowest BCUT2D eigenvalue weighted by Gasteiger charge is -2.33. The maximum atomic E-state index is 13.3. The van der Waals surface area contributed by atoms with E-state index in [-0.39, 0.29) is 36.7 Å². The van der Waals surface area contributed by atoms with Crippen LogP contribution in [0.1, 0.15) is 31.2 Å². The summed E-state index contributed by atoms with van der Waals surface area (Å²) < 4.78 is 65.8. The van der Waals surface area contributed by atoms with E-state index in [9.17, 15) is 26.7 Å². The number of rotatable bonds is 5. The van der Waals surface area contributed by atoms with E-state index in [0.717, 1.165) is 12.1 Å². The zero-order chi connectivity index (χ0) is 22.2. The minimum Gasteiger partial charge on any atom is -0.308 e. The first kappa shape index (κ1) is 21.6. The number of alkyl halides is 3. The predicted molar refractivity (Wildman–Crippen MR) is 99.5 cm³/mol. The number of fused-ring (bicyclic) bond motifs is 1. The SMILES string of the molecule is O=C(CC1CCC2NNC(C(F)(F)F)C2C1)Nc1cnn(Cc2ccc(F)c(F)c2)n1. The van der Waals surface area contributed by atoms with Gasteiger partial charge in [-0.05, 0) is 42.9 Å². The van der Waals surface area contributed by atoms with Gasteiger partial charge in [-0.1, -0.05) is 6.07 Å². The monoisotopic (exact) mass is 444 g/mol. The highest BCUT2D eigenvalue weighted by molar-refractivity contribution is 5.89. The van der Waals surface area contributed by atoms with Crippen LogP contribution >= 0.6 is 0 Å². The van der Waals surface area contributed by atoms with Crippen LogP contribution in [0.2, 0.25) is 0 Å². The minimum atomic E-state index is -4.34. The summed E-state index contributed by atoms with van der Waals surface area (Å²) in [6, 6.07) is 1.58. The third kappa shape index (κ3) is 5.01. The van der Waals surface area contributed by atoms with Gasteiger partial charge in [-0.25, -0.2) is 14.2 Å². The standard InChI is InChI=1S/C19H21F5N6O/c20-13-3-1-11(6-14(13)21)9-30-25-8-16(29-30)26-17(31)7-10-2-4-15-12(5-10)18(28-27-15)19(22,23)24/h1,3,6,8,10,12,15,18,27-28H,2,4-5,7,9H2,(H,26,29,31). The van der Waals surface area contributed by atoms with Gasteiger partial charge in [-0.15, -0.1) is 5.10 Å². The van der Waals surface area contributed by atoms with E-state index in [4.69, 9.17) is 0 Å². The van der Waals surface area contributed by atoms with Crippen LogP contribution in [0.4, 0.5) is 27.8 Å². The van der Waals surface area contributed by atoms with Gasteiger partial charge in [0.05, 0.1) is 12.7 Å². The molecule has 168 valence electrons. The van der Waals surface area contributed by atoms with Crippen molar-refractivity contribution in [1.82, 2.24) is 25.8 Å². The topological polar surface area (TPSA) is 83.9 Å². The first-order valence-electron chi connectivity index (χ1n) is 9.90. The van der Waals surface area contributed by atoms with Gasteiger partial charge in [0.2, 0.25) is 5.91 Å². The molecule has 1 aliphatic carbocycles. The molecule has 2 fully saturated rings. The number of carbonyl (C=O) groups excluding carboxylic acids is 1. The molecule has 31 heavy (non-hydrogen) atoms. The lowest BCUT2D eigenvalue weighted by molar-refractivity contribution is -0.164. The van der Waals surface area contributed by atoms with Gasteiger partial charge >= 0.3 is 6.18 Å². The van der Waals surface area contributed by atoms with Crippen molar-refractivity contribution in [3.05, 3.63) is 41.6 Å². The van der Waals surface area contributed by atoms with Crippen LogP contribution < -0.4 is 16.2 Å². The van der Waals surface area contributed by atoms with Crippen LogP contribution in [-0.2, 0) is 11.3 Å². The number of hydrogen-bond donors (Lipinski definition) is 3. The summed E-state index contributed by atoms with van der Waals surface area (Å²) >= 11 is 0. The summed E-state index contributed by atoms with van der Waals surface area (Å²) in [6.45, 7) is 0.0809. The Hall–Kier alpha value is -2.60. The number of anilines is 1. The lowest BCUT2D eigenvalue weighted by atomic mass is 9.74. The number of amides is 1. The Morgan fingerprint density at radius 1 is 1.19 bits per heavy atom. The highest BCUT2D eigenvalue weighted by atomic mass is 19.4. The van der Waals surface area contributed by atoms with Crippen LogP contribution in [-0.4, -0.2) is 39.2 Å². The molecule has 7 nitrogen and oxygen atoms in total. The number of hydrogen-bond acceptors (Lipinski definition) is 5. The van der Waals surface area contributed by atoms with E-state index < -0.39 is 29.8 Å². The van der Waals surface area contributed by atoms with E-state index in [0.29, 0.717) is 24.8 Å². The zero-order valence-electron chi connectivity index (χ0n) is 16.3. The molecule has 1 saturated heterocycles. The largest absolute Gasteiger partial charge is 0.405 e. The first-order chi connectivity index (χ1) is 14.7. The second-order valence-corrected chi connectivity index (χ2v) is 8.02. The van der Waals surface area contributed by atoms with Gasteiger partial charge in [0.25, 0.3) is 0 Å². The fourth-order valence-electron chi connectivity index (χ4n) is 4.35. The molecule has 1 aliphatic heterocycles. The Balaban J connectivity index is 1.31. The van der Waals surface area contributed by atoms with Crippen molar-refractivity contribution >= 4 is 11.7 Å². The molecule has 2 heterocycles. The number of halogens is 5. The molecule has 1 aromatic carbocycles. The number of nitrogens with zero attached hydrogens (tertiary/aromatic N) is 3. The first-order valence-corrected chi connectivity index (χ1v) is 9.90. The molecule has 0 bridgehead atoms. The summed E-state index contributed by atoms with van der Waals surface area (Å²) in [6.07, 6.45) is -1.43. The van der Waals surface area contributed by atoms with Crippen LogP contribution in [0.15, 0.2) is 24.4 Å². The molecule has 4 rings (SSSR count). The van der Waals surface area contributed by atoms with Crippen molar-refractivity contribution in [3.8, 4) is 0 Å². The van der Waals surface area contributed by atoms with Crippen molar-refractivity contribution in [3.63, 3.8) is 0 Å². The summed E-state index contributed by atoms with van der Waals surface area (Å²) in [5, 5.41) is 10.7. The molecule has 2 aliphatic rings. The highest BCUT2D eigenvalue weighted by Gasteiger charge is 2.52. The normalized spacial score (nSPS) is 26.0.